The minimum absolute atomic E-state index is 0.254. The number of methoxy groups -OCH3 is 1. The third kappa shape index (κ3) is 3.95. The van der Waals surface area contributed by atoms with Crippen molar-refractivity contribution in [2.24, 2.45) is 0 Å². The Labute approximate surface area is 107 Å². The zero-order valence-corrected chi connectivity index (χ0v) is 11.3. The highest BCUT2D eigenvalue weighted by molar-refractivity contribution is 6.31. The number of hydrogen-bond donors (Lipinski definition) is 1. The molecule has 1 aromatic carbocycles. The molecule has 0 bridgehead atoms. The fourth-order valence-corrected chi connectivity index (χ4v) is 2.23. The number of hydrogen-bond acceptors (Lipinski definition) is 2. The molecule has 0 aliphatic carbocycles. The summed E-state index contributed by atoms with van der Waals surface area (Å²) in [5.41, 5.74) is 0.211. The number of halogens is 2. The lowest BCUT2D eigenvalue weighted by atomic mass is 9.84. The van der Waals surface area contributed by atoms with Crippen LogP contribution in [0.3, 0.4) is 0 Å². The van der Waals surface area contributed by atoms with Gasteiger partial charge in [0.1, 0.15) is 5.82 Å². The van der Waals surface area contributed by atoms with Crippen molar-refractivity contribution in [3.63, 3.8) is 0 Å². The summed E-state index contributed by atoms with van der Waals surface area (Å²) in [4.78, 5) is 0. The Morgan fingerprint density at radius 2 is 2.12 bits per heavy atom. The second-order valence-electron chi connectivity index (χ2n) is 4.65. The van der Waals surface area contributed by atoms with Crippen molar-refractivity contribution in [1.29, 1.82) is 0 Å². The van der Waals surface area contributed by atoms with E-state index < -0.39 is 0 Å². The van der Waals surface area contributed by atoms with E-state index in [9.17, 15) is 4.39 Å². The minimum atomic E-state index is -0.351. The SMILES string of the molecule is COCCNCC(C)(C)c1c(F)cccc1Cl. The van der Waals surface area contributed by atoms with E-state index >= 15 is 0 Å². The van der Waals surface area contributed by atoms with Gasteiger partial charge in [-0.15, -0.1) is 0 Å². The summed E-state index contributed by atoms with van der Waals surface area (Å²) in [7, 11) is 1.65. The second-order valence-corrected chi connectivity index (χ2v) is 5.06. The van der Waals surface area contributed by atoms with Crippen molar-refractivity contribution in [3.8, 4) is 0 Å². The van der Waals surface area contributed by atoms with Crippen LogP contribution in [0, 0.1) is 5.82 Å². The maximum absolute atomic E-state index is 13.8. The van der Waals surface area contributed by atoms with E-state index in [1.54, 1.807) is 19.2 Å². The molecule has 1 N–H and O–H groups in total. The van der Waals surface area contributed by atoms with Gasteiger partial charge in [0.2, 0.25) is 0 Å². The molecule has 0 aliphatic rings. The monoisotopic (exact) mass is 259 g/mol. The van der Waals surface area contributed by atoms with Gasteiger partial charge >= 0.3 is 0 Å². The van der Waals surface area contributed by atoms with Crippen LogP contribution in [-0.4, -0.2) is 26.8 Å². The van der Waals surface area contributed by atoms with Gasteiger partial charge in [-0.3, -0.25) is 0 Å². The Balaban J connectivity index is 2.75. The first-order valence-electron chi connectivity index (χ1n) is 5.63. The van der Waals surface area contributed by atoms with Crippen LogP contribution in [0.2, 0.25) is 5.02 Å². The summed E-state index contributed by atoms with van der Waals surface area (Å²) in [6.07, 6.45) is 0. The van der Waals surface area contributed by atoms with Gasteiger partial charge in [0, 0.05) is 36.2 Å². The van der Waals surface area contributed by atoms with Gasteiger partial charge in [-0.2, -0.15) is 0 Å². The third-order valence-corrected chi connectivity index (χ3v) is 3.00. The lowest BCUT2D eigenvalue weighted by Gasteiger charge is -2.27. The largest absolute Gasteiger partial charge is 0.383 e. The lowest BCUT2D eigenvalue weighted by Crippen LogP contribution is -2.35. The average molecular weight is 260 g/mol. The fourth-order valence-electron chi connectivity index (χ4n) is 1.81. The topological polar surface area (TPSA) is 21.3 Å². The number of ether oxygens (including phenoxy) is 1. The number of rotatable bonds is 6. The van der Waals surface area contributed by atoms with E-state index in [2.05, 4.69) is 5.32 Å². The molecule has 0 fully saturated rings. The summed E-state index contributed by atoms with van der Waals surface area (Å²) >= 11 is 6.06. The molecular formula is C13H19ClFNO. The Bertz CT molecular complexity index is 348. The highest BCUT2D eigenvalue weighted by atomic mass is 35.5. The Kier molecular flexibility index (Phi) is 5.37. The van der Waals surface area contributed by atoms with Crippen LogP contribution in [0.25, 0.3) is 0 Å². The quantitative estimate of drug-likeness (QED) is 0.793. The predicted molar refractivity (Wildman–Crippen MR) is 69.2 cm³/mol. The van der Waals surface area contributed by atoms with Crippen LogP contribution in [0.4, 0.5) is 4.39 Å². The summed E-state index contributed by atoms with van der Waals surface area (Å²) in [5.74, 6) is -0.254. The number of nitrogens with one attached hydrogen (secondary N) is 1. The molecule has 0 saturated carbocycles. The number of benzene rings is 1. The standard InChI is InChI=1S/C13H19ClFNO/c1-13(2,9-16-7-8-17-3)12-10(14)5-4-6-11(12)15/h4-6,16H,7-9H2,1-3H3. The maximum Gasteiger partial charge on any atom is 0.128 e. The molecule has 4 heteroatoms. The Hall–Kier alpha value is -0.640. The minimum Gasteiger partial charge on any atom is -0.383 e. The van der Waals surface area contributed by atoms with Gasteiger partial charge in [-0.1, -0.05) is 31.5 Å². The molecule has 1 aromatic rings. The maximum atomic E-state index is 13.8. The molecule has 0 saturated heterocycles. The van der Waals surface area contributed by atoms with Gasteiger partial charge in [-0.25, -0.2) is 4.39 Å². The Morgan fingerprint density at radius 1 is 1.41 bits per heavy atom. The van der Waals surface area contributed by atoms with Crippen molar-refractivity contribution in [3.05, 3.63) is 34.6 Å². The molecular weight excluding hydrogens is 241 g/mol. The van der Waals surface area contributed by atoms with Crippen molar-refractivity contribution in [2.75, 3.05) is 26.8 Å². The highest BCUT2D eigenvalue weighted by Gasteiger charge is 2.26. The molecule has 0 radical (unpaired) electrons. The van der Waals surface area contributed by atoms with Crippen LogP contribution in [0.1, 0.15) is 19.4 Å². The lowest BCUT2D eigenvalue weighted by molar-refractivity contribution is 0.197. The van der Waals surface area contributed by atoms with Gasteiger partial charge in [0.05, 0.1) is 6.61 Å². The Morgan fingerprint density at radius 3 is 2.71 bits per heavy atom. The summed E-state index contributed by atoms with van der Waals surface area (Å²) in [5, 5.41) is 3.70. The van der Waals surface area contributed by atoms with E-state index in [0.29, 0.717) is 23.7 Å². The molecule has 0 amide bonds. The van der Waals surface area contributed by atoms with Crippen LogP contribution in [-0.2, 0) is 10.2 Å². The van der Waals surface area contributed by atoms with E-state index in [1.165, 1.54) is 6.07 Å². The molecule has 0 aliphatic heterocycles. The molecule has 0 heterocycles. The second kappa shape index (κ2) is 6.34. The average Bonchev–Trinajstić information content (AvgIpc) is 2.24. The molecule has 0 unspecified atom stereocenters. The van der Waals surface area contributed by atoms with Gasteiger partial charge in [0.25, 0.3) is 0 Å². The first kappa shape index (κ1) is 14.4. The van der Waals surface area contributed by atoms with Gasteiger partial charge in [-0.05, 0) is 12.1 Å². The van der Waals surface area contributed by atoms with Crippen LogP contribution in [0.5, 0.6) is 0 Å². The van der Waals surface area contributed by atoms with E-state index in [1.807, 2.05) is 13.8 Å². The molecule has 0 atom stereocenters. The first-order valence-corrected chi connectivity index (χ1v) is 6.01. The summed E-state index contributed by atoms with van der Waals surface area (Å²) in [6, 6.07) is 4.78. The van der Waals surface area contributed by atoms with Crippen LogP contribution >= 0.6 is 11.6 Å². The first-order chi connectivity index (χ1) is 7.99. The van der Waals surface area contributed by atoms with E-state index in [0.717, 1.165) is 6.54 Å². The summed E-state index contributed by atoms with van der Waals surface area (Å²) < 4.78 is 18.7. The predicted octanol–water partition coefficient (Wildman–Crippen LogP) is 2.99. The molecule has 0 spiro atoms. The van der Waals surface area contributed by atoms with Crippen LogP contribution in [0.15, 0.2) is 18.2 Å². The summed E-state index contributed by atoms with van der Waals surface area (Å²) in [6.45, 7) is 5.97. The van der Waals surface area contributed by atoms with Crippen LogP contribution < -0.4 is 5.32 Å². The van der Waals surface area contributed by atoms with Crippen molar-refractivity contribution in [1.82, 2.24) is 5.32 Å². The molecule has 96 valence electrons. The van der Waals surface area contributed by atoms with Crippen molar-refractivity contribution < 1.29 is 9.13 Å². The smallest absolute Gasteiger partial charge is 0.128 e. The molecule has 0 aromatic heterocycles. The van der Waals surface area contributed by atoms with Crippen molar-refractivity contribution >= 4 is 11.6 Å². The zero-order valence-electron chi connectivity index (χ0n) is 10.5. The molecule has 17 heavy (non-hydrogen) atoms. The highest BCUT2D eigenvalue weighted by Crippen LogP contribution is 2.31. The fraction of sp³-hybridized carbons (Fsp3) is 0.538. The third-order valence-electron chi connectivity index (χ3n) is 2.69. The van der Waals surface area contributed by atoms with Gasteiger partial charge < -0.3 is 10.1 Å². The molecule has 2 nitrogen and oxygen atoms in total. The van der Waals surface area contributed by atoms with E-state index in [4.69, 9.17) is 16.3 Å². The zero-order chi connectivity index (χ0) is 12.9. The molecule has 1 rings (SSSR count). The van der Waals surface area contributed by atoms with Gasteiger partial charge in [0.15, 0.2) is 0 Å². The normalized spacial score (nSPS) is 11.8. The van der Waals surface area contributed by atoms with E-state index in [-0.39, 0.29) is 11.2 Å². The van der Waals surface area contributed by atoms with Crippen molar-refractivity contribution in [2.45, 2.75) is 19.3 Å².